The highest BCUT2D eigenvalue weighted by atomic mass is 16.3. The Morgan fingerprint density at radius 1 is 0.438 bits per heavy atom. The summed E-state index contributed by atoms with van der Waals surface area (Å²) >= 11 is 0. The van der Waals surface area contributed by atoms with E-state index in [1.54, 1.807) is 0 Å². The van der Waals surface area contributed by atoms with Crippen LogP contribution in [0.4, 0.5) is 0 Å². The van der Waals surface area contributed by atoms with Gasteiger partial charge in [-0.05, 0) is 98.9 Å². The molecule has 2 aliphatic rings. The molecule has 4 heterocycles. The highest BCUT2D eigenvalue weighted by molar-refractivity contribution is 6.24. The fraction of sp³-hybridized carbons (Fsp3) is 0.0441. The second-order valence-electron chi connectivity index (χ2n) is 19.7. The third-order valence-corrected chi connectivity index (χ3v) is 15.8. The zero-order valence-electron chi connectivity index (χ0n) is 39.5. The van der Waals surface area contributed by atoms with Gasteiger partial charge in [0.1, 0.15) is 28.2 Å². The molecule has 0 saturated heterocycles. The second kappa shape index (κ2) is 15.5. The molecule has 5 heteroatoms. The molecular weight excluding hydrogens is 891 g/mol. The van der Waals surface area contributed by atoms with E-state index in [2.05, 4.69) is 234 Å². The first kappa shape index (κ1) is 40.3. The molecule has 5 nitrogen and oxygen atoms in total. The van der Waals surface area contributed by atoms with Crippen molar-refractivity contribution >= 4 is 98.8 Å². The standard InChI is InChI=1S/C68H43N3O2/c1-2-19-43(20-3-1)71-59-30-12-10-23-46(59)49-26-14-28-51(65(49)71)57-35-36-58(52-29-15-27-50-47-24-11-13-31-60(47)72-67(50)52)70-68(69-57)64-53(34-37-61-63(64)54-33-32-40-16-6-7-21-44(40)66(54)73-61)62-48-25-9-8-22-45(48)55-38-41-17-4-5-18-42(41)39-56(55)62/h1-35,37-39,58,62H,36H2,(H,69,70). The molecule has 14 aromatic rings. The largest absolute Gasteiger partial charge is 0.456 e. The first-order valence-electron chi connectivity index (χ1n) is 25.2. The van der Waals surface area contributed by atoms with Gasteiger partial charge in [0.25, 0.3) is 0 Å². The van der Waals surface area contributed by atoms with Gasteiger partial charge in [-0.3, -0.25) is 0 Å². The van der Waals surface area contributed by atoms with E-state index in [0.717, 1.165) is 105 Å². The molecule has 0 radical (unpaired) electrons. The van der Waals surface area contributed by atoms with Gasteiger partial charge in [-0.15, -0.1) is 0 Å². The quantitative estimate of drug-likeness (QED) is 0.187. The molecule has 0 spiro atoms. The van der Waals surface area contributed by atoms with E-state index in [9.17, 15) is 0 Å². The second-order valence-corrected chi connectivity index (χ2v) is 19.7. The lowest BCUT2D eigenvalue weighted by molar-refractivity contribution is 0.623. The molecule has 1 N–H and O–H groups in total. The van der Waals surface area contributed by atoms with Crippen molar-refractivity contribution in [3.63, 3.8) is 0 Å². The lowest BCUT2D eigenvalue weighted by Crippen LogP contribution is -2.30. The Balaban J connectivity index is 1.02. The Labute approximate surface area is 419 Å². The molecule has 2 atom stereocenters. The van der Waals surface area contributed by atoms with Crippen LogP contribution in [0.15, 0.2) is 244 Å². The first-order chi connectivity index (χ1) is 36.2. The van der Waals surface area contributed by atoms with Crippen molar-refractivity contribution in [3.8, 4) is 16.8 Å². The molecule has 3 aromatic heterocycles. The number of fused-ring (bicyclic) bond motifs is 15. The number of amidine groups is 1. The summed E-state index contributed by atoms with van der Waals surface area (Å²) in [5, 5.41) is 15.6. The molecule has 73 heavy (non-hydrogen) atoms. The third kappa shape index (κ3) is 5.94. The van der Waals surface area contributed by atoms with Crippen molar-refractivity contribution in [2.45, 2.75) is 18.4 Å². The van der Waals surface area contributed by atoms with Crippen molar-refractivity contribution in [1.29, 1.82) is 0 Å². The summed E-state index contributed by atoms with van der Waals surface area (Å²) in [6, 6.07) is 80.9. The third-order valence-electron chi connectivity index (χ3n) is 15.8. The van der Waals surface area contributed by atoms with Crippen LogP contribution >= 0.6 is 0 Å². The van der Waals surface area contributed by atoms with Gasteiger partial charge in [-0.2, -0.15) is 0 Å². The van der Waals surface area contributed by atoms with E-state index in [1.807, 2.05) is 6.07 Å². The zero-order chi connectivity index (χ0) is 47.7. The average Bonchev–Trinajstić information content (AvgIpc) is 4.19. The number of hydrogen-bond acceptors (Lipinski definition) is 4. The summed E-state index contributed by atoms with van der Waals surface area (Å²) in [6.07, 6.45) is 2.99. The molecule has 2 unspecified atom stereocenters. The van der Waals surface area contributed by atoms with Crippen LogP contribution in [-0.4, -0.2) is 10.4 Å². The fourth-order valence-electron chi connectivity index (χ4n) is 12.6. The Kier molecular flexibility index (Phi) is 8.57. The molecule has 16 rings (SSSR count). The van der Waals surface area contributed by atoms with Crippen LogP contribution in [0.5, 0.6) is 0 Å². The van der Waals surface area contributed by atoms with Crippen molar-refractivity contribution < 1.29 is 8.83 Å². The van der Waals surface area contributed by atoms with Gasteiger partial charge in [-0.1, -0.05) is 182 Å². The van der Waals surface area contributed by atoms with Crippen LogP contribution < -0.4 is 5.32 Å². The Morgan fingerprint density at radius 2 is 1.12 bits per heavy atom. The van der Waals surface area contributed by atoms with Crippen molar-refractivity contribution in [2.24, 2.45) is 4.99 Å². The van der Waals surface area contributed by atoms with Gasteiger partial charge in [0.15, 0.2) is 0 Å². The molecule has 0 amide bonds. The Morgan fingerprint density at radius 3 is 2.03 bits per heavy atom. The molecule has 1 aliphatic heterocycles. The number of hydrogen-bond donors (Lipinski definition) is 1. The maximum atomic E-state index is 7.10. The predicted molar refractivity (Wildman–Crippen MR) is 301 cm³/mol. The van der Waals surface area contributed by atoms with Gasteiger partial charge < -0.3 is 18.7 Å². The minimum Gasteiger partial charge on any atom is -0.456 e. The van der Waals surface area contributed by atoms with Gasteiger partial charge in [0, 0.05) is 66.0 Å². The number of benzene rings is 11. The smallest absolute Gasteiger partial charge is 0.143 e. The molecule has 0 saturated carbocycles. The number of nitrogens with zero attached hydrogens (tertiary/aromatic N) is 2. The van der Waals surface area contributed by atoms with Gasteiger partial charge >= 0.3 is 0 Å². The molecule has 342 valence electrons. The molecule has 0 fully saturated rings. The molecular formula is C68H43N3O2. The Bertz CT molecular complexity index is 4700. The van der Waals surface area contributed by atoms with Crippen LogP contribution in [0.2, 0.25) is 0 Å². The van der Waals surface area contributed by atoms with E-state index in [-0.39, 0.29) is 12.0 Å². The minimum atomic E-state index is -0.228. The number of furan rings is 2. The van der Waals surface area contributed by atoms with Crippen LogP contribution in [0.1, 0.15) is 51.8 Å². The fourth-order valence-corrected chi connectivity index (χ4v) is 12.6. The van der Waals surface area contributed by atoms with Crippen molar-refractivity contribution in [2.75, 3.05) is 0 Å². The van der Waals surface area contributed by atoms with E-state index in [4.69, 9.17) is 13.8 Å². The number of nitrogens with one attached hydrogen (secondary N) is 1. The van der Waals surface area contributed by atoms with Crippen LogP contribution in [0, 0.1) is 0 Å². The summed E-state index contributed by atoms with van der Waals surface area (Å²) < 4.78 is 16.4. The number of rotatable bonds is 5. The minimum absolute atomic E-state index is 0.109. The number of aliphatic imine (C=N–C) groups is 1. The zero-order valence-corrected chi connectivity index (χ0v) is 39.5. The van der Waals surface area contributed by atoms with Crippen LogP contribution in [-0.2, 0) is 0 Å². The predicted octanol–water partition coefficient (Wildman–Crippen LogP) is 17.6. The Hall–Kier alpha value is -9.45. The number of aromatic nitrogens is 1. The van der Waals surface area contributed by atoms with Crippen LogP contribution in [0.3, 0.4) is 0 Å². The van der Waals surface area contributed by atoms with E-state index < -0.39 is 0 Å². The summed E-state index contributed by atoms with van der Waals surface area (Å²) in [6.45, 7) is 0. The molecule has 1 aliphatic carbocycles. The SMILES string of the molecule is C1=C(c2cccc3c4ccccc4n(-c4ccccc4)c23)N=C(c2c(C3c4ccccc4-c4cc5ccccc5cc43)ccc3oc4c5ccccc5ccc4c23)NC(c2cccc3c2oc2ccccc23)C1. The normalized spacial score (nSPS) is 15.6. The summed E-state index contributed by atoms with van der Waals surface area (Å²) in [4.78, 5) is 6.04. The van der Waals surface area contributed by atoms with Crippen LogP contribution in [0.25, 0.3) is 110 Å². The topological polar surface area (TPSA) is 55.6 Å². The van der Waals surface area contributed by atoms with E-state index >= 15 is 0 Å². The maximum absolute atomic E-state index is 7.10. The highest BCUT2D eigenvalue weighted by Gasteiger charge is 2.36. The molecule has 11 aromatic carbocycles. The first-order valence-corrected chi connectivity index (χ1v) is 25.2. The average molecular weight is 934 g/mol. The van der Waals surface area contributed by atoms with Gasteiger partial charge in [-0.25, -0.2) is 4.99 Å². The van der Waals surface area contributed by atoms with Crippen molar-refractivity contribution in [3.05, 3.63) is 264 Å². The van der Waals surface area contributed by atoms with Crippen molar-refractivity contribution in [1.82, 2.24) is 9.88 Å². The van der Waals surface area contributed by atoms with Gasteiger partial charge in [0.05, 0.1) is 22.8 Å². The van der Waals surface area contributed by atoms with E-state index in [1.165, 1.54) is 43.8 Å². The van der Waals surface area contributed by atoms with Gasteiger partial charge in [0.2, 0.25) is 0 Å². The summed E-state index contributed by atoms with van der Waals surface area (Å²) in [5.74, 6) is 0.673. The lowest BCUT2D eigenvalue weighted by atomic mass is 9.83. The molecule has 0 bridgehead atoms. The lowest BCUT2D eigenvalue weighted by Gasteiger charge is -2.24. The monoisotopic (exact) mass is 933 g/mol. The number of para-hydroxylation sites is 5. The highest BCUT2D eigenvalue weighted by Crippen LogP contribution is 2.52. The maximum Gasteiger partial charge on any atom is 0.143 e. The summed E-state index contributed by atoms with van der Waals surface area (Å²) in [5.41, 5.74) is 17.1. The van der Waals surface area contributed by atoms with E-state index in [0.29, 0.717) is 6.42 Å². The summed E-state index contributed by atoms with van der Waals surface area (Å²) in [7, 11) is 0.